The van der Waals surface area contributed by atoms with Crippen LogP contribution < -0.4 is 20.1 Å². The van der Waals surface area contributed by atoms with Crippen LogP contribution in [-0.2, 0) is 9.59 Å². The summed E-state index contributed by atoms with van der Waals surface area (Å²) in [6, 6.07) is 13.0. The zero-order valence-corrected chi connectivity index (χ0v) is 45.1. The normalized spacial score (nSPS) is 15.6. The van der Waals surface area contributed by atoms with Crippen molar-refractivity contribution in [1.29, 1.82) is 0 Å². The van der Waals surface area contributed by atoms with Crippen LogP contribution in [0.4, 0.5) is 31.8 Å². The van der Waals surface area contributed by atoms with Gasteiger partial charge in [-0.25, -0.2) is 67.7 Å². The molecule has 8 aromatic heterocycles. The van der Waals surface area contributed by atoms with Gasteiger partial charge in [0.15, 0.2) is 52.0 Å². The number of hydrogen-bond acceptors (Lipinski definition) is 18. The summed E-state index contributed by atoms with van der Waals surface area (Å²) in [6.45, 7) is 15.2. The van der Waals surface area contributed by atoms with E-state index in [-0.39, 0.29) is 63.8 Å². The Morgan fingerprint density at radius 1 is 0.683 bits per heavy atom. The highest BCUT2D eigenvalue weighted by atomic mass is 19.1. The third-order valence-corrected chi connectivity index (χ3v) is 14.4. The monoisotopic (exact) mass is 1100 g/mol. The SMILES string of the molecule is C=CC(=O)N1CC=C(c2ncc3ncnc(Nc4ccc(Oc5cc(C)n6nc(C=CC(=O)N7CCC(c8ncc9ncnc(Nc%10ccc(Oc%11cc(C)n%12ncnc%12c%11)c(C)c%10F)c9n8)=C[C@@H]7C)nc6c5)c(C)c4F)c3n2)C[C@@H]1C. The number of hydrogen-bond donors (Lipinski definition) is 2. The van der Waals surface area contributed by atoms with Crippen LogP contribution in [0, 0.1) is 39.3 Å². The number of halogens is 2. The molecule has 0 spiro atoms. The Balaban J connectivity index is 0.699. The predicted molar refractivity (Wildman–Crippen MR) is 301 cm³/mol. The van der Waals surface area contributed by atoms with Crippen molar-refractivity contribution < 1.29 is 27.8 Å². The summed E-state index contributed by atoms with van der Waals surface area (Å²) < 4.78 is 47.8. The lowest BCUT2D eigenvalue weighted by Gasteiger charge is -2.31. The summed E-state index contributed by atoms with van der Waals surface area (Å²) in [4.78, 5) is 74.5. The quantitative estimate of drug-likeness (QED) is 0.102. The highest BCUT2D eigenvalue weighted by molar-refractivity contribution is 5.93. The van der Waals surface area contributed by atoms with E-state index in [1.54, 1.807) is 99.7 Å². The number of nitrogens with zero attached hydrogens (tertiary/aromatic N) is 16. The standard InChI is InChI=1S/C58H50F2N18O4/c1-8-49(79)75-17-15-36(19-30(75)2)55-61-25-42-53(72-55)57(66-27-63-42)70-41-10-12-45(35(7)52(41)60)82-39-22-33(5)78-48(24-39)71-46(74-78)13-14-50(80)76-18-16-37(20-31(76)3)56-62-26-43-54(73-56)58(67-28-64-43)69-40-9-11-44(34(6)51(40)59)81-38-21-32(4)77-47(23-38)65-29-68-77/h8-15,20-31H,1,16-19H2,2-7H3,(H,63,66,70)(H,64,67,69)/t30-,31-/m0/s1. The molecule has 0 aliphatic carbocycles. The van der Waals surface area contributed by atoms with E-state index >= 15 is 8.78 Å². The zero-order chi connectivity index (χ0) is 56.9. The molecule has 410 valence electrons. The molecular formula is C58H50F2N18O4. The summed E-state index contributed by atoms with van der Waals surface area (Å²) in [5.74, 6) is 1.80. The number of pyridine rings is 2. The second kappa shape index (κ2) is 21.3. The summed E-state index contributed by atoms with van der Waals surface area (Å²) in [7, 11) is 0. The Labute approximate surface area is 466 Å². The molecule has 24 heteroatoms. The number of rotatable bonds is 13. The van der Waals surface area contributed by atoms with E-state index in [4.69, 9.17) is 19.4 Å². The number of fused-ring (bicyclic) bond motifs is 4. The lowest BCUT2D eigenvalue weighted by Crippen LogP contribution is -2.40. The van der Waals surface area contributed by atoms with Crippen LogP contribution in [0.15, 0.2) is 111 Å². The molecule has 22 nitrogen and oxygen atoms in total. The minimum atomic E-state index is -0.560. The molecule has 12 rings (SSSR count). The average molecular weight is 1100 g/mol. The van der Waals surface area contributed by atoms with Crippen molar-refractivity contribution in [2.45, 2.75) is 66.5 Å². The van der Waals surface area contributed by atoms with Gasteiger partial charge in [-0.2, -0.15) is 5.10 Å². The second-order valence-electron chi connectivity index (χ2n) is 19.8. The smallest absolute Gasteiger partial charge is 0.247 e. The van der Waals surface area contributed by atoms with Gasteiger partial charge >= 0.3 is 0 Å². The van der Waals surface area contributed by atoms with E-state index in [0.717, 1.165) is 16.8 Å². The van der Waals surface area contributed by atoms with E-state index in [0.29, 0.717) is 99.7 Å². The van der Waals surface area contributed by atoms with Crippen molar-refractivity contribution in [3.8, 4) is 23.0 Å². The van der Waals surface area contributed by atoms with Gasteiger partial charge in [0.2, 0.25) is 11.8 Å². The van der Waals surface area contributed by atoms with Crippen LogP contribution in [0.25, 0.3) is 50.6 Å². The minimum Gasteiger partial charge on any atom is -0.457 e. The van der Waals surface area contributed by atoms with Gasteiger partial charge in [-0.3, -0.25) is 9.59 Å². The van der Waals surface area contributed by atoms with Crippen molar-refractivity contribution in [1.82, 2.24) is 78.9 Å². The van der Waals surface area contributed by atoms with Crippen molar-refractivity contribution in [3.05, 3.63) is 162 Å². The molecule has 2 amide bonds. The Hall–Kier alpha value is -10.5. The zero-order valence-electron chi connectivity index (χ0n) is 45.1. The maximum absolute atomic E-state index is 16.2. The van der Waals surface area contributed by atoms with Crippen LogP contribution in [0.3, 0.4) is 0 Å². The summed E-state index contributed by atoms with van der Waals surface area (Å²) in [5, 5.41) is 15.0. The maximum Gasteiger partial charge on any atom is 0.247 e. The third-order valence-electron chi connectivity index (χ3n) is 14.4. The van der Waals surface area contributed by atoms with Gasteiger partial charge in [-0.15, -0.1) is 5.10 Å². The fourth-order valence-corrected chi connectivity index (χ4v) is 9.99. The molecule has 2 aliphatic rings. The van der Waals surface area contributed by atoms with Crippen LogP contribution in [0.2, 0.25) is 0 Å². The molecule has 2 N–H and O–H groups in total. The van der Waals surface area contributed by atoms with Crippen LogP contribution >= 0.6 is 0 Å². The van der Waals surface area contributed by atoms with Gasteiger partial charge in [0.25, 0.3) is 0 Å². The molecule has 0 radical (unpaired) electrons. The number of amides is 2. The fourth-order valence-electron chi connectivity index (χ4n) is 9.99. The lowest BCUT2D eigenvalue weighted by molar-refractivity contribution is -0.128. The van der Waals surface area contributed by atoms with Crippen molar-refractivity contribution in [2.75, 3.05) is 23.7 Å². The number of aryl methyl sites for hydroxylation is 2. The number of nitrogens with one attached hydrogen (secondary N) is 2. The lowest BCUT2D eigenvalue weighted by atomic mass is 10.0. The number of ether oxygens (including phenoxy) is 2. The molecule has 10 aromatic rings. The van der Waals surface area contributed by atoms with E-state index in [1.807, 2.05) is 39.8 Å². The summed E-state index contributed by atoms with van der Waals surface area (Å²) in [5.41, 5.74) is 6.79. The third kappa shape index (κ3) is 10.0. The van der Waals surface area contributed by atoms with Crippen LogP contribution in [-0.4, -0.2) is 116 Å². The molecule has 0 fully saturated rings. The number of carbonyl (C=O) groups excluding carboxylic acids is 2. The van der Waals surface area contributed by atoms with Crippen molar-refractivity contribution >= 4 is 85.4 Å². The molecule has 0 saturated heterocycles. The van der Waals surface area contributed by atoms with E-state index < -0.39 is 11.6 Å². The molecule has 82 heavy (non-hydrogen) atoms. The summed E-state index contributed by atoms with van der Waals surface area (Å²) in [6.07, 6.45) is 16.5. The molecule has 10 heterocycles. The number of aromatic nitrogens is 14. The first-order valence-electron chi connectivity index (χ1n) is 26.1. The minimum absolute atomic E-state index is 0.0863. The summed E-state index contributed by atoms with van der Waals surface area (Å²) >= 11 is 0. The first-order valence-corrected chi connectivity index (χ1v) is 26.1. The van der Waals surface area contributed by atoms with E-state index in [1.165, 1.54) is 31.1 Å². The van der Waals surface area contributed by atoms with Gasteiger partial charge in [0.05, 0.1) is 23.8 Å². The number of anilines is 4. The Kier molecular flexibility index (Phi) is 13.5. The van der Waals surface area contributed by atoms with Gasteiger partial charge < -0.3 is 29.9 Å². The Morgan fingerprint density at radius 2 is 1.28 bits per heavy atom. The molecular weight excluding hydrogens is 1050 g/mol. The first-order chi connectivity index (χ1) is 39.7. The number of carbonyl (C=O) groups is 2. The van der Waals surface area contributed by atoms with Gasteiger partial charge in [-0.1, -0.05) is 18.7 Å². The van der Waals surface area contributed by atoms with E-state index in [2.05, 4.69) is 67.3 Å². The Morgan fingerprint density at radius 3 is 1.88 bits per heavy atom. The molecule has 0 saturated carbocycles. The second-order valence-corrected chi connectivity index (χ2v) is 19.8. The van der Waals surface area contributed by atoms with Gasteiger partial charge in [-0.05, 0) is 102 Å². The maximum atomic E-state index is 16.2. The highest BCUT2D eigenvalue weighted by Gasteiger charge is 2.27. The van der Waals surface area contributed by atoms with Crippen LogP contribution in [0.5, 0.6) is 23.0 Å². The van der Waals surface area contributed by atoms with E-state index in [9.17, 15) is 9.59 Å². The first kappa shape index (κ1) is 52.2. The molecule has 2 atom stereocenters. The Bertz CT molecular complexity index is 4370. The topological polar surface area (TPSA) is 247 Å². The van der Waals surface area contributed by atoms with Gasteiger partial charge in [0.1, 0.15) is 64.0 Å². The van der Waals surface area contributed by atoms with Crippen molar-refractivity contribution in [2.24, 2.45) is 0 Å². The molecule has 2 aromatic carbocycles. The molecule has 0 bridgehead atoms. The molecule has 2 aliphatic heterocycles. The van der Waals surface area contributed by atoms with Crippen LogP contribution in [0.1, 0.15) is 66.7 Å². The predicted octanol–water partition coefficient (Wildman–Crippen LogP) is 9.73. The highest BCUT2D eigenvalue weighted by Crippen LogP contribution is 2.36. The van der Waals surface area contributed by atoms with Gasteiger partial charge in [0, 0.05) is 78.0 Å². The fraction of sp³-hybridized carbons (Fsp3) is 0.207. The largest absolute Gasteiger partial charge is 0.457 e. The average Bonchev–Trinajstić information content (AvgIpc) is 4.24. The number of benzene rings is 2. The molecule has 0 unspecified atom stereocenters. The van der Waals surface area contributed by atoms with Crippen molar-refractivity contribution in [3.63, 3.8) is 0 Å².